The van der Waals surface area contributed by atoms with Gasteiger partial charge in [-0.25, -0.2) is 0 Å². The second-order valence-electron chi connectivity index (χ2n) is 7.16. The van der Waals surface area contributed by atoms with E-state index in [-0.39, 0.29) is 5.92 Å². The number of carbonyl (C=O) groups is 1. The zero-order valence-electron chi connectivity index (χ0n) is 12.0. The first kappa shape index (κ1) is 12.7. The summed E-state index contributed by atoms with van der Waals surface area (Å²) in [6, 6.07) is 0. The summed E-state index contributed by atoms with van der Waals surface area (Å²) in [4.78, 5) is 13.2. The van der Waals surface area contributed by atoms with Gasteiger partial charge >= 0.3 is 0 Å². The van der Waals surface area contributed by atoms with Crippen LogP contribution in [0.25, 0.3) is 0 Å². The highest BCUT2D eigenvalue weighted by Gasteiger charge is 2.40. The zero-order chi connectivity index (χ0) is 13.9. The highest BCUT2D eigenvalue weighted by Crippen LogP contribution is 2.53. The predicted octanol–water partition coefficient (Wildman–Crippen LogP) is 4.01. The molecule has 0 aromatic carbocycles. The van der Waals surface area contributed by atoms with E-state index in [1.165, 1.54) is 36.2 Å². The Morgan fingerprint density at radius 3 is 2.60 bits per heavy atom. The molecular weight excluding hydrogens is 268 g/mol. The number of nitrogens with one attached hydrogen (secondary N) is 1. The molecule has 0 saturated heterocycles. The fraction of sp³-hybridized carbons (Fsp3) is 0.688. The second-order valence-corrected chi connectivity index (χ2v) is 8.19. The molecule has 3 saturated carbocycles. The fourth-order valence-electron chi connectivity index (χ4n) is 2.76. The summed E-state index contributed by atoms with van der Waals surface area (Å²) in [5, 5.41) is 4.78. The minimum Gasteiger partial charge on any atom is -0.397 e. The molecule has 3 nitrogen and oxygen atoms in total. The van der Waals surface area contributed by atoms with E-state index in [9.17, 15) is 4.79 Å². The highest BCUT2D eigenvalue weighted by atomic mass is 32.1. The molecule has 3 aliphatic carbocycles. The molecule has 0 spiro atoms. The van der Waals surface area contributed by atoms with Gasteiger partial charge in [-0.3, -0.25) is 4.79 Å². The van der Waals surface area contributed by atoms with Crippen molar-refractivity contribution < 1.29 is 4.79 Å². The molecule has 4 heteroatoms. The van der Waals surface area contributed by atoms with Crippen LogP contribution in [0.4, 0.5) is 10.7 Å². The molecule has 3 aliphatic rings. The SMILES string of the molecule is CC1(CNc2sc(C(=O)C3CC3)c(N)c2C2CC2)CC1. The van der Waals surface area contributed by atoms with Crippen LogP contribution in [0.1, 0.15) is 66.6 Å². The monoisotopic (exact) mass is 290 g/mol. The van der Waals surface area contributed by atoms with Crippen LogP contribution in [0.2, 0.25) is 0 Å². The standard InChI is InChI=1S/C16H22N2OS/c1-16(6-7-16)8-18-15-11(9-2-3-9)12(17)14(20-15)13(19)10-4-5-10/h9-10,18H,2-8,17H2,1H3. The molecule has 0 unspecified atom stereocenters. The number of anilines is 2. The van der Waals surface area contributed by atoms with Gasteiger partial charge in [-0.05, 0) is 49.9 Å². The third-order valence-corrected chi connectivity index (χ3v) is 6.11. The van der Waals surface area contributed by atoms with Gasteiger partial charge in [0.15, 0.2) is 5.78 Å². The molecule has 0 aliphatic heterocycles. The van der Waals surface area contributed by atoms with Crippen molar-refractivity contribution in [2.75, 3.05) is 17.6 Å². The van der Waals surface area contributed by atoms with Crippen LogP contribution >= 0.6 is 11.3 Å². The molecule has 1 aromatic heterocycles. The predicted molar refractivity (Wildman–Crippen MR) is 83.6 cm³/mol. The molecule has 1 aromatic rings. The Morgan fingerprint density at radius 1 is 1.35 bits per heavy atom. The van der Waals surface area contributed by atoms with E-state index in [4.69, 9.17) is 5.73 Å². The topological polar surface area (TPSA) is 55.1 Å². The Balaban J connectivity index is 1.61. The molecule has 1 heterocycles. The van der Waals surface area contributed by atoms with Crippen LogP contribution in [0, 0.1) is 11.3 Å². The number of rotatable bonds is 6. The third kappa shape index (κ3) is 2.24. The summed E-state index contributed by atoms with van der Waals surface area (Å²) in [7, 11) is 0. The average molecular weight is 290 g/mol. The number of nitrogen functional groups attached to an aromatic ring is 1. The first-order chi connectivity index (χ1) is 9.57. The molecule has 0 radical (unpaired) electrons. The van der Waals surface area contributed by atoms with Crippen LogP contribution in [0.5, 0.6) is 0 Å². The lowest BCUT2D eigenvalue weighted by molar-refractivity contribution is 0.0972. The molecule has 0 atom stereocenters. The molecule has 3 N–H and O–H groups in total. The van der Waals surface area contributed by atoms with Crippen LogP contribution in [-0.2, 0) is 0 Å². The van der Waals surface area contributed by atoms with Crippen molar-refractivity contribution in [2.45, 2.75) is 51.4 Å². The van der Waals surface area contributed by atoms with Gasteiger partial charge in [0.2, 0.25) is 0 Å². The lowest BCUT2D eigenvalue weighted by Gasteiger charge is -2.11. The van der Waals surface area contributed by atoms with Gasteiger partial charge in [0.25, 0.3) is 0 Å². The molecule has 4 rings (SSSR count). The Kier molecular flexibility index (Phi) is 2.69. The molecule has 108 valence electrons. The van der Waals surface area contributed by atoms with Gasteiger partial charge in [0.05, 0.1) is 15.6 Å². The number of thiophene rings is 1. The summed E-state index contributed by atoms with van der Waals surface area (Å²) in [5.41, 5.74) is 8.83. The van der Waals surface area contributed by atoms with Crippen molar-refractivity contribution in [1.29, 1.82) is 0 Å². The van der Waals surface area contributed by atoms with Gasteiger partial charge in [0.1, 0.15) is 0 Å². The van der Waals surface area contributed by atoms with Gasteiger partial charge in [-0.15, -0.1) is 11.3 Å². The number of carbonyl (C=O) groups excluding carboxylic acids is 1. The van der Waals surface area contributed by atoms with Crippen molar-refractivity contribution in [3.8, 4) is 0 Å². The Bertz CT molecular complexity index is 565. The summed E-state index contributed by atoms with van der Waals surface area (Å²) in [5.74, 6) is 1.15. The number of hydrogen-bond donors (Lipinski definition) is 2. The third-order valence-electron chi connectivity index (χ3n) is 4.92. The van der Waals surface area contributed by atoms with E-state index < -0.39 is 0 Å². The summed E-state index contributed by atoms with van der Waals surface area (Å²) in [6.45, 7) is 3.34. The van der Waals surface area contributed by atoms with E-state index in [2.05, 4.69) is 12.2 Å². The van der Waals surface area contributed by atoms with Crippen LogP contribution in [0.15, 0.2) is 0 Å². The van der Waals surface area contributed by atoms with Crippen molar-refractivity contribution in [1.82, 2.24) is 0 Å². The number of hydrogen-bond acceptors (Lipinski definition) is 4. The van der Waals surface area contributed by atoms with Gasteiger partial charge in [0, 0.05) is 18.0 Å². The molecule has 3 fully saturated rings. The summed E-state index contributed by atoms with van der Waals surface area (Å²) >= 11 is 1.61. The van der Waals surface area contributed by atoms with Gasteiger partial charge < -0.3 is 11.1 Å². The lowest BCUT2D eigenvalue weighted by Crippen LogP contribution is -2.11. The first-order valence-corrected chi connectivity index (χ1v) is 8.59. The van der Waals surface area contributed by atoms with E-state index in [0.29, 0.717) is 17.1 Å². The number of nitrogens with two attached hydrogens (primary N) is 1. The van der Waals surface area contributed by atoms with Crippen LogP contribution in [0.3, 0.4) is 0 Å². The lowest BCUT2D eigenvalue weighted by atomic mass is 10.1. The minimum atomic E-state index is 0.261. The first-order valence-electron chi connectivity index (χ1n) is 7.78. The van der Waals surface area contributed by atoms with E-state index in [1.807, 2.05) is 0 Å². The maximum atomic E-state index is 12.4. The molecular formula is C16H22N2OS. The summed E-state index contributed by atoms with van der Waals surface area (Å²) < 4.78 is 0. The normalized spacial score (nSPS) is 23.6. The molecule has 0 amide bonds. The van der Waals surface area contributed by atoms with Crippen molar-refractivity contribution in [3.05, 3.63) is 10.4 Å². The highest BCUT2D eigenvalue weighted by molar-refractivity contribution is 7.19. The van der Waals surface area contributed by atoms with E-state index >= 15 is 0 Å². The van der Waals surface area contributed by atoms with E-state index in [0.717, 1.165) is 30.0 Å². The minimum absolute atomic E-state index is 0.261. The Morgan fingerprint density at radius 2 is 2.05 bits per heavy atom. The Hall–Kier alpha value is -1.03. The van der Waals surface area contributed by atoms with Crippen molar-refractivity contribution in [2.24, 2.45) is 11.3 Å². The maximum absolute atomic E-state index is 12.4. The number of ketones is 1. The zero-order valence-corrected chi connectivity index (χ0v) is 12.8. The fourth-order valence-corrected chi connectivity index (χ4v) is 3.99. The molecule has 20 heavy (non-hydrogen) atoms. The molecule has 0 bridgehead atoms. The van der Waals surface area contributed by atoms with E-state index in [1.54, 1.807) is 11.3 Å². The summed E-state index contributed by atoms with van der Waals surface area (Å²) in [6.07, 6.45) is 7.18. The largest absolute Gasteiger partial charge is 0.397 e. The maximum Gasteiger partial charge on any atom is 0.178 e. The van der Waals surface area contributed by atoms with Crippen molar-refractivity contribution in [3.63, 3.8) is 0 Å². The number of Topliss-reactive ketones (excluding diaryl/α,β-unsaturated/α-hetero) is 1. The van der Waals surface area contributed by atoms with Gasteiger partial charge in [-0.2, -0.15) is 0 Å². The second kappa shape index (κ2) is 4.23. The van der Waals surface area contributed by atoms with Crippen LogP contribution in [-0.4, -0.2) is 12.3 Å². The van der Waals surface area contributed by atoms with Gasteiger partial charge in [-0.1, -0.05) is 6.92 Å². The smallest absolute Gasteiger partial charge is 0.178 e. The van der Waals surface area contributed by atoms with Crippen molar-refractivity contribution >= 4 is 27.8 Å². The van der Waals surface area contributed by atoms with Crippen LogP contribution < -0.4 is 11.1 Å². The average Bonchev–Trinajstić information content (AvgIpc) is 3.27. The Labute approximate surface area is 123 Å². The quantitative estimate of drug-likeness (QED) is 0.778.